The Balaban J connectivity index is 1.74. The van der Waals surface area contributed by atoms with Crippen LogP contribution in [0.2, 0.25) is 0 Å². The van der Waals surface area contributed by atoms with Crippen LogP contribution in [0.4, 0.5) is 0 Å². The molecule has 0 saturated heterocycles. The summed E-state index contributed by atoms with van der Waals surface area (Å²) in [4.78, 5) is 0. The number of allylic oxidation sites excluding steroid dienone is 2. The van der Waals surface area contributed by atoms with Gasteiger partial charge in [-0.3, -0.25) is 0 Å². The average molecular weight is 508 g/mol. The molecule has 116 valence electrons. The van der Waals surface area contributed by atoms with Gasteiger partial charge in [0.2, 0.25) is 0 Å². The van der Waals surface area contributed by atoms with E-state index in [-0.39, 0.29) is 0 Å². The molecule has 2 aromatic carbocycles. The second-order valence-electron chi connectivity index (χ2n) is 6.28. The number of alkyl halides is 2. The topological polar surface area (TPSA) is 0 Å². The van der Waals surface area contributed by atoms with Crippen molar-refractivity contribution in [3.63, 3.8) is 0 Å². The first-order valence-corrected chi connectivity index (χ1v) is 11.5. The van der Waals surface area contributed by atoms with E-state index < -0.39 is 4.33 Å². The molecule has 2 aliphatic carbocycles. The van der Waals surface area contributed by atoms with Crippen LogP contribution in [0.5, 0.6) is 0 Å². The maximum absolute atomic E-state index is 6.93. The second kappa shape index (κ2) is 6.77. The molecule has 4 rings (SSSR count). The van der Waals surface area contributed by atoms with Crippen molar-refractivity contribution < 1.29 is 49.4 Å². The molecule has 0 saturated carbocycles. The molecule has 0 radical (unpaired) electrons. The van der Waals surface area contributed by atoms with Gasteiger partial charge in [0.15, 0.2) is 0 Å². The van der Waals surface area contributed by atoms with Crippen LogP contribution in [0.3, 0.4) is 0 Å². The minimum absolute atomic E-state index is 0.451. The summed E-state index contributed by atoms with van der Waals surface area (Å²) in [7, 11) is 0. The third kappa shape index (κ3) is 3.07. The Labute approximate surface area is 183 Å². The van der Waals surface area contributed by atoms with Crippen LogP contribution in [0.25, 0.3) is 12.2 Å². The molecule has 24 heavy (non-hydrogen) atoms. The number of benzene rings is 2. The molecule has 0 aliphatic heterocycles. The van der Waals surface area contributed by atoms with Gasteiger partial charge in [-0.2, -0.15) is 0 Å². The fraction of sp³-hybridized carbons (Fsp3) is 0.200. The fourth-order valence-electron chi connectivity index (χ4n) is 3.63. The van der Waals surface area contributed by atoms with Crippen LogP contribution in [0, 0.1) is 0 Å². The van der Waals surface area contributed by atoms with Gasteiger partial charge >= 0.3 is 185 Å². The Kier molecular flexibility index (Phi) is 4.99. The van der Waals surface area contributed by atoms with Crippen molar-refractivity contribution in [3.05, 3.63) is 81.9 Å². The summed E-state index contributed by atoms with van der Waals surface area (Å²) in [5.41, 5.74) is 7.64. The van der Waals surface area contributed by atoms with Gasteiger partial charge in [-0.05, 0) is 0 Å². The quantitative estimate of drug-likeness (QED) is 0.462. The monoisotopic (exact) mass is 504 g/mol. The normalized spacial score (nSPS) is 21.0. The number of hydrogen-bond donors (Lipinski definition) is 0. The predicted molar refractivity (Wildman–Crippen MR) is 93.5 cm³/mol. The molecule has 0 nitrogen and oxygen atoms in total. The van der Waals surface area contributed by atoms with E-state index >= 15 is 0 Å². The van der Waals surface area contributed by atoms with Crippen molar-refractivity contribution in [1.82, 2.24) is 0 Å². The molecule has 4 heteroatoms. The van der Waals surface area contributed by atoms with Gasteiger partial charge in [0.25, 0.3) is 0 Å². The number of hydrogen-bond acceptors (Lipinski definition) is 0. The Morgan fingerprint density at radius 1 is 0.833 bits per heavy atom. The predicted octanol–water partition coefficient (Wildman–Crippen LogP) is 5.79. The molecule has 2 atom stereocenters. The molecule has 0 fully saturated rings. The fourth-order valence-corrected chi connectivity index (χ4v) is 6.38. The third-order valence-corrected chi connectivity index (χ3v) is 7.77. The standard InChI is InChI=1S/C20H14Cl2.2Zr/c21-20(22,19-12-4-8-15-7-3-11-18(15)19)13-16-9-1-5-14-6-2-10-17(14)16;;/h1-12H,13H2;;. The van der Waals surface area contributed by atoms with E-state index in [2.05, 4.69) is 60.7 Å². The SMILES string of the molecule is ClC(Cl)(Cc1cccc2c1[CH]([Zr])C=C2)c1cccc2c1[CH]([Zr])C=C2. The van der Waals surface area contributed by atoms with E-state index in [1.165, 1.54) is 77.3 Å². The van der Waals surface area contributed by atoms with E-state index in [0.717, 1.165) is 5.56 Å². The molecule has 0 amide bonds. The minimum atomic E-state index is -0.903. The third-order valence-electron chi connectivity index (χ3n) is 4.73. The summed E-state index contributed by atoms with van der Waals surface area (Å²) in [6.45, 7) is 0. The summed E-state index contributed by atoms with van der Waals surface area (Å²) >= 11 is 16.8. The first-order chi connectivity index (χ1) is 11.5. The molecule has 0 heterocycles. The molecule has 2 unspecified atom stereocenters. The molecular weight excluding hydrogens is 494 g/mol. The first kappa shape index (κ1) is 17.7. The van der Waals surface area contributed by atoms with Crippen LogP contribution in [0.1, 0.15) is 40.6 Å². The van der Waals surface area contributed by atoms with Gasteiger partial charge in [-0.25, -0.2) is 0 Å². The molecule has 2 aromatic rings. The summed E-state index contributed by atoms with van der Waals surface area (Å²) in [5, 5.41) is 0. The van der Waals surface area contributed by atoms with Gasteiger partial charge < -0.3 is 0 Å². The van der Waals surface area contributed by atoms with E-state index in [0.29, 0.717) is 13.7 Å². The maximum atomic E-state index is 6.93. The number of halogens is 2. The Bertz CT molecular complexity index is 868. The van der Waals surface area contributed by atoms with Crippen molar-refractivity contribution in [2.45, 2.75) is 18.0 Å². The zero-order chi connectivity index (χ0) is 16.9. The Morgan fingerprint density at radius 3 is 2.12 bits per heavy atom. The van der Waals surface area contributed by atoms with Crippen LogP contribution >= 0.6 is 23.2 Å². The Morgan fingerprint density at radius 2 is 1.42 bits per heavy atom. The first-order valence-electron chi connectivity index (χ1n) is 7.89. The van der Waals surface area contributed by atoms with Gasteiger partial charge in [0.05, 0.1) is 0 Å². The van der Waals surface area contributed by atoms with Crippen LogP contribution in [0.15, 0.2) is 48.6 Å². The second-order valence-corrected chi connectivity index (χ2v) is 10.8. The Hall–Kier alpha value is 0.266. The van der Waals surface area contributed by atoms with Gasteiger partial charge in [0.1, 0.15) is 0 Å². The van der Waals surface area contributed by atoms with E-state index in [9.17, 15) is 0 Å². The van der Waals surface area contributed by atoms with Crippen LogP contribution < -0.4 is 0 Å². The van der Waals surface area contributed by atoms with Crippen molar-refractivity contribution in [2.75, 3.05) is 0 Å². The van der Waals surface area contributed by atoms with Crippen molar-refractivity contribution in [3.8, 4) is 0 Å². The molecular formula is C20H14Cl2Zr2. The summed E-state index contributed by atoms with van der Waals surface area (Å²) in [6, 6.07) is 12.8. The summed E-state index contributed by atoms with van der Waals surface area (Å²) < 4.78 is 0.0613. The molecule has 2 aliphatic rings. The number of rotatable bonds is 3. The van der Waals surface area contributed by atoms with Gasteiger partial charge in [0, 0.05) is 0 Å². The molecule has 0 bridgehead atoms. The average Bonchev–Trinajstić information content (AvgIpc) is 3.12. The van der Waals surface area contributed by atoms with Gasteiger partial charge in [-0.15, -0.1) is 0 Å². The summed E-state index contributed by atoms with van der Waals surface area (Å²) in [5.74, 6) is 0. The van der Waals surface area contributed by atoms with E-state index in [1.807, 2.05) is 0 Å². The van der Waals surface area contributed by atoms with Crippen molar-refractivity contribution >= 4 is 35.4 Å². The van der Waals surface area contributed by atoms with Crippen molar-refractivity contribution in [1.29, 1.82) is 0 Å². The van der Waals surface area contributed by atoms with E-state index in [1.54, 1.807) is 0 Å². The molecule has 0 N–H and O–H groups in total. The van der Waals surface area contributed by atoms with E-state index in [4.69, 9.17) is 23.2 Å². The summed E-state index contributed by atoms with van der Waals surface area (Å²) in [6.07, 6.45) is 9.60. The van der Waals surface area contributed by atoms with Crippen LogP contribution in [-0.2, 0) is 60.2 Å². The molecule has 0 spiro atoms. The van der Waals surface area contributed by atoms with Crippen LogP contribution in [-0.4, -0.2) is 0 Å². The molecule has 0 aromatic heterocycles. The number of fused-ring (bicyclic) bond motifs is 2. The zero-order valence-corrected chi connectivity index (χ0v) is 19.3. The van der Waals surface area contributed by atoms with Gasteiger partial charge in [-0.1, -0.05) is 0 Å². The van der Waals surface area contributed by atoms with Crippen molar-refractivity contribution in [2.24, 2.45) is 0 Å². The zero-order valence-electron chi connectivity index (χ0n) is 12.9.